The molecule has 2 aromatic carbocycles. The number of carbonyl (C=O) groups excluding carboxylic acids is 3. The highest BCUT2D eigenvalue weighted by Gasteiger charge is 2.34. The van der Waals surface area contributed by atoms with Crippen molar-refractivity contribution in [2.24, 2.45) is 0 Å². The summed E-state index contributed by atoms with van der Waals surface area (Å²) in [5.74, 6) is -2.70. The van der Waals surface area contributed by atoms with Gasteiger partial charge in [0.1, 0.15) is 17.7 Å². The minimum absolute atomic E-state index is 0.0364. The van der Waals surface area contributed by atoms with Gasteiger partial charge >= 0.3 is 6.03 Å². The summed E-state index contributed by atoms with van der Waals surface area (Å²) in [4.78, 5) is 38.6. The molecule has 0 bridgehead atoms. The molecule has 2 aliphatic rings. The second-order valence-corrected chi connectivity index (χ2v) is 12.2. The van der Waals surface area contributed by atoms with Crippen molar-refractivity contribution in [3.05, 3.63) is 65.2 Å². The summed E-state index contributed by atoms with van der Waals surface area (Å²) in [7, 11) is 0. The molecular weight excluding hydrogens is 530 g/mol. The van der Waals surface area contributed by atoms with Gasteiger partial charge in [0.25, 0.3) is 5.91 Å². The maximum atomic E-state index is 14.0. The number of benzene rings is 2. The molecule has 0 spiro atoms. The van der Waals surface area contributed by atoms with Crippen molar-refractivity contribution in [2.75, 3.05) is 11.4 Å². The van der Waals surface area contributed by atoms with Gasteiger partial charge in [-0.3, -0.25) is 14.9 Å². The van der Waals surface area contributed by atoms with Gasteiger partial charge in [0.05, 0.1) is 18.6 Å². The lowest BCUT2D eigenvalue weighted by Crippen LogP contribution is -2.52. The van der Waals surface area contributed by atoms with Crippen molar-refractivity contribution in [3.63, 3.8) is 0 Å². The molecule has 4 N–H and O–H groups in total. The van der Waals surface area contributed by atoms with E-state index in [4.69, 9.17) is 0 Å². The molecule has 1 heterocycles. The Kier molecular flexibility index (Phi) is 9.63. The Balaban J connectivity index is 1.59. The number of nitrogens with one attached hydrogen (secondary N) is 3. The molecule has 8 nitrogen and oxygen atoms in total. The average Bonchev–Trinajstić information content (AvgIpc) is 3.22. The van der Waals surface area contributed by atoms with Gasteiger partial charge in [0, 0.05) is 24.3 Å². The number of aliphatic hydroxyl groups is 1. The van der Waals surface area contributed by atoms with Crippen molar-refractivity contribution in [3.8, 4) is 0 Å². The molecule has 1 saturated heterocycles. The number of aliphatic hydroxyl groups excluding tert-OH is 1. The number of carbonyl (C=O) groups is 3. The lowest BCUT2D eigenvalue weighted by Gasteiger charge is -2.39. The van der Waals surface area contributed by atoms with Crippen LogP contribution >= 0.6 is 0 Å². The molecule has 4 amide bonds. The zero-order valence-electron chi connectivity index (χ0n) is 23.9. The fraction of sp³-hybridized carbons (Fsp3) is 0.516. The third kappa shape index (κ3) is 8.25. The first-order valence-corrected chi connectivity index (χ1v) is 14.3. The van der Waals surface area contributed by atoms with Crippen LogP contribution in [-0.4, -0.2) is 53.7 Å². The minimum Gasteiger partial charge on any atom is -0.389 e. The predicted molar refractivity (Wildman–Crippen MR) is 152 cm³/mol. The highest BCUT2D eigenvalue weighted by Crippen LogP contribution is 2.31. The molecule has 2 aromatic rings. The maximum Gasteiger partial charge on any atom is 0.322 e. The van der Waals surface area contributed by atoms with E-state index in [-0.39, 0.29) is 36.4 Å². The number of hydrogen-bond acceptors (Lipinski definition) is 5. The van der Waals surface area contributed by atoms with Crippen LogP contribution in [0.1, 0.15) is 70.4 Å². The van der Waals surface area contributed by atoms with Crippen molar-refractivity contribution < 1.29 is 28.3 Å². The summed E-state index contributed by atoms with van der Waals surface area (Å²) in [5.41, 5.74) is 2.32. The molecule has 0 aromatic heterocycles. The van der Waals surface area contributed by atoms with Crippen LogP contribution in [0.15, 0.2) is 42.5 Å². The minimum atomic E-state index is -1.11. The standard InChI is InChI=1S/C31H40F2N4O4/c1-31(2,3)20-8-7-11-24(15-20)37(23-9-5-4-6-10-23)18-27(38)25(14-19-12-21(32)16-22(33)13-19)34-28(39)17-26-29(40)36-30(41)35-26/h7-8,11-13,15-16,23,25-27,38H,4-6,9-10,14,17-18H2,1-3H3,(H,34,39)(H2,35,36,40,41). The van der Waals surface area contributed by atoms with Gasteiger partial charge in [0.2, 0.25) is 5.91 Å². The fourth-order valence-corrected chi connectivity index (χ4v) is 5.66. The summed E-state index contributed by atoms with van der Waals surface area (Å²) >= 11 is 0. The van der Waals surface area contributed by atoms with Crippen molar-refractivity contribution in [1.82, 2.24) is 16.0 Å². The van der Waals surface area contributed by atoms with Crippen LogP contribution in [-0.2, 0) is 21.4 Å². The van der Waals surface area contributed by atoms with E-state index in [0.29, 0.717) is 0 Å². The molecule has 4 rings (SSSR count). The number of urea groups is 1. The van der Waals surface area contributed by atoms with Crippen molar-refractivity contribution in [1.29, 1.82) is 0 Å². The Labute approximate surface area is 239 Å². The largest absolute Gasteiger partial charge is 0.389 e. The lowest BCUT2D eigenvalue weighted by molar-refractivity contribution is -0.127. The van der Waals surface area contributed by atoms with Crippen LogP contribution in [0.2, 0.25) is 0 Å². The summed E-state index contributed by atoms with van der Waals surface area (Å²) in [6.45, 7) is 6.61. The normalized spacial score (nSPS) is 19.3. The molecule has 41 heavy (non-hydrogen) atoms. The number of rotatable bonds is 10. The van der Waals surface area contributed by atoms with E-state index in [0.717, 1.165) is 49.4 Å². The number of amides is 4. The molecule has 2 fully saturated rings. The molecule has 222 valence electrons. The first-order valence-electron chi connectivity index (χ1n) is 14.3. The van der Waals surface area contributed by atoms with Crippen molar-refractivity contribution >= 4 is 23.5 Å². The lowest BCUT2D eigenvalue weighted by atomic mass is 9.86. The van der Waals surface area contributed by atoms with Gasteiger partial charge in [-0.15, -0.1) is 0 Å². The molecule has 1 saturated carbocycles. The second kappa shape index (κ2) is 13.0. The van der Waals surface area contributed by atoms with E-state index in [9.17, 15) is 28.3 Å². The summed E-state index contributed by atoms with van der Waals surface area (Å²) in [6.07, 6.45) is 3.76. The van der Waals surface area contributed by atoms with Gasteiger partial charge in [-0.05, 0) is 60.1 Å². The van der Waals surface area contributed by atoms with Crippen LogP contribution in [0.5, 0.6) is 0 Å². The Morgan fingerprint density at radius 2 is 1.76 bits per heavy atom. The number of halogens is 2. The summed E-state index contributed by atoms with van der Waals surface area (Å²) in [5, 5.41) is 18.9. The monoisotopic (exact) mass is 570 g/mol. The van der Waals surface area contributed by atoms with Crippen LogP contribution in [0.25, 0.3) is 0 Å². The van der Waals surface area contributed by atoms with Gasteiger partial charge in [-0.2, -0.15) is 0 Å². The SMILES string of the molecule is CC(C)(C)c1cccc(N(CC(O)C(Cc2cc(F)cc(F)c2)NC(=O)CC2NC(=O)NC2=O)C2CCCCC2)c1. The molecule has 1 aliphatic carbocycles. The first-order chi connectivity index (χ1) is 19.4. The van der Waals surface area contributed by atoms with Crippen LogP contribution in [0.3, 0.4) is 0 Å². The Bertz CT molecular complexity index is 1240. The topological polar surface area (TPSA) is 111 Å². The highest BCUT2D eigenvalue weighted by molar-refractivity contribution is 6.05. The van der Waals surface area contributed by atoms with E-state index in [1.165, 1.54) is 12.1 Å². The average molecular weight is 571 g/mol. The summed E-state index contributed by atoms with van der Waals surface area (Å²) in [6, 6.07) is 8.91. The second-order valence-electron chi connectivity index (χ2n) is 12.2. The zero-order chi connectivity index (χ0) is 29.7. The van der Waals surface area contributed by atoms with Gasteiger partial charge in [-0.1, -0.05) is 52.2 Å². The Morgan fingerprint density at radius 1 is 1.07 bits per heavy atom. The quantitative estimate of drug-likeness (QED) is 0.322. The Hall–Kier alpha value is -3.53. The van der Waals surface area contributed by atoms with Crippen molar-refractivity contribution in [2.45, 2.75) is 95.4 Å². The van der Waals surface area contributed by atoms with E-state index in [2.05, 4.69) is 53.8 Å². The maximum absolute atomic E-state index is 14.0. The highest BCUT2D eigenvalue weighted by atomic mass is 19.1. The molecular formula is C31H40F2N4O4. The smallest absolute Gasteiger partial charge is 0.322 e. The zero-order valence-corrected chi connectivity index (χ0v) is 23.9. The molecule has 1 aliphatic heterocycles. The molecule has 10 heteroatoms. The first kappa shape index (κ1) is 30.4. The van der Waals surface area contributed by atoms with Gasteiger partial charge < -0.3 is 20.6 Å². The number of hydrogen-bond donors (Lipinski definition) is 4. The van der Waals surface area contributed by atoms with E-state index in [1.54, 1.807) is 0 Å². The van der Waals surface area contributed by atoms with E-state index in [1.807, 2.05) is 12.1 Å². The van der Waals surface area contributed by atoms with Gasteiger partial charge in [0.15, 0.2) is 0 Å². The summed E-state index contributed by atoms with van der Waals surface area (Å²) < 4.78 is 28.0. The van der Waals surface area contributed by atoms with Crippen LogP contribution < -0.4 is 20.9 Å². The van der Waals surface area contributed by atoms with E-state index >= 15 is 0 Å². The number of anilines is 1. The number of imide groups is 1. The Morgan fingerprint density at radius 3 is 2.37 bits per heavy atom. The third-order valence-corrected chi connectivity index (χ3v) is 7.88. The fourth-order valence-electron chi connectivity index (χ4n) is 5.66. The van der Waals surface area contributed by atoms with E-state index < -0.39 is 47.7 Å². The van der Waals surface area contributed by atoms with Crippen LogP contribution in [0.4, 0.5) is 19.3 Å². The predicted octanol–water partition coefficient (Wildman–Crippen LogP) is 4.09. The third-order valence-electron chi connectivity index (χ3n) is 7.88. The van der Waals surface area contributed by atoms with Crippen LogP contribution in [0, 0.1) is 11.6 Å². The molecule has 0 radical (unpaired) electrons. The van der Waals surface area contributed by atoms with Gasteiger partial charge in [-0.25, -0.2) is 13.6 Å². The molecule has 3 unspecified atom stereocenters. The molecule has 3 atom stereocenters. The number of nitrogens with zero attached hydrogens (tertiary/aromatic N) is 1.